The van der Waals surface area contributed by atoms with Crippen LogP contribution in [-0.4, -0.2) is 37.1 Å². The van der Waals surface area contributed by atoms with Crippen molar-refractivity contribution in [2.75, 3.05) is 26.2 Å². The summed E-state index contributed by atoms with van der Waals surface area (Å²) in [6.07, 6.45) is 12.0. The molecule has 1 rings (SSSR count). The first-order valence-electron chi connectivity index (χ1n) is 6.26. The second-order valence-corrected chi connectivity index (χ2v) is 4.44. The van der Waals surface area contributed by atoms with E-state index in [2.05, 4.69) is 23.1 Å². The van der Waals surface area contributed by atoms with Crippen molar-refractivity contribution >= 4 is 0 Å². The highest BCUT2D eigenvalue weighted by Gasteiger charge is 2.14. The molecule has 2 nitrogen and oxygen atoms in total. The van der Waals surface area contributed by atoms with Crippen molar-refractivity contribution < 1.29 is 0 Å². The zero-order valence-corrected chi connectivity index (χ0v) is 9.97. The molecule has 1 aliphatic heterocycles. The Hall–Kier alpha value is -0.520. The van der Waals surface area contributed by atoms with Crippen LogP contribution in [0.3, 0.4) is 0 Å². The molecule has 1 aliphatic rings. The molecule has 0 bridgehead atoms. The number of terminal acetylenes is 1. The second-order valence-electron chi connectivity index (χ2n) is 4.44. The van der Waals surface area contributed by atoms with E-state index >= 15 is 0 Å². The van der Waals surface area contributed by atoms with E-state index in [9.17, 15) is 0 Å². The Morgan fingerprint density at radius 2 is 2.27 bits per heavy atom. The third-order valence-corrected chi connectivity index (χ3v) is 3.00. The van der Waals surface area contributed by atoms with Crippen molar-refractivity contribution in [1.29, 1.82) is 0 Å². The lowest BCUT2D eigenvalue weighted by Gasteiger charge is -2.25. The molecule has 15 heavy (non-hydrogen) atoms. The molecule has 1 unspecified atom stereocenters. The van der Waals surface area contributed by atoms with E-state index in [1.807, 2.05) is 0 Å². The summed E-state index contributed by atoms with van der Waals surface area (Å²) in [7, 11) is 0. The summed E-state index contributed by atoms with van der Waals surface area (Å²) in [6, 6.07) is 0.660. The van der Waals surface area contributed by atoms with Crippen molar-refractivity contribution in [3.8, 4) is 12.3 Å². The summed E-state index contributed by atoms with van der Waals surface area (Å²) in [5.41, 5.74) is 0. The van der Waals surface area contributed by atoms with Gasteiger partial charge in [0.15, 0.2) is 0 Å². The fourth-order valence-electron chi connectivity index (χ4n) is 2.25. The number of nitrogens with zero attached hydrogens (tertiary/aromatic N) is 1. The molecule has 1 atom stereocenters. The van der Waals surface area contributed by atoms with Crippen molar-refractivity contribution in [2.45, 2.75) is 45.1 Å². The molecule has 0 radical (unpaired) electrons. The van der Waals surface area contributed by atoms with Crippen LogP contribution in [0.5, 0.6) is 0 Å². The lowest BCUT2D eigenvalue weighted by molar-refractivity contribution is 0.265. The average molecular weight is 208 g/mol. The summed E-state index contributed by atoms with van der Waals surface area (Å²) >= 11 is 0. The Kier molecular flexibility index (Phi) is 6.47. The van der Waals surface area contributed by atoms with Crippen LogP contribution in [0.4, 0.5) is 0 Å². The van der Waals surface area contributed by atoms with Gasteiger partial charge in [0, 0.05) is 12.6 Å². The molecule has 0 saturated carbocycles. The number of nitrogens with one attached hydrogen (secondary N) is 1. The van der Waals surface area contributed by atoms with Crippen LogP contribution >= 0.6 is 0 Å². The van der Waals surface area contributed by atoms with Crippen molar-refractivity contribution in [2.24, 2.45) is 0 Å². The maximum Gasteiger partial charge on any atom is 0.0599 e. The van der Waals surface area contributed by atoms with Gasteiger partial charge in [-0.3, -0.25) is 4.90 Å². The lowest BCUT2D eigenvalue weighted by Crippen LogP contribution is -2.41. The molecule has 0 aliphatic carbocycles. The van der Waals surface area contributed by atoms with E-state index in [0.29, 0.717) is 6.04 Å². The van der Waals surface area contributed by atoms with Crippen LogP contribution in [0, 0.1) is 12.3 Å². The van der Waals surface area contributed by atoms with E-state index in [4.69, 9.17) is 6.42 Å². The van der Waals surface area contributed by atoms with Crippen molar-refractivity contribution in [3.63, 3.8) is 0 Å². The number of hydrogen-bond donors (Lipinski definition) is 1. The Labute approximate surface area is 94.4 Å². The molecule has 1 heterocycles. The number of hydrogen-bond acceptors (Lipinski definition) is 2. The van der Waals surface area contributed by atoms with Gasteiger partial charge in [-0.1, -0.05) is 25.7 Å². The Bertz CT molecular complexity index is 187. The molecule has 0 amide bonds. The summed E-state index contributed by atoms with van der Waals surface area (Å²) in [6.45, 7) is 6.44. The fourth-order valence-corrected chi connectivity index (χ4v) is 2.25. The third-order valence-electron chi connectivity index (χ3n) is 3.00. The highest BCUT2D eigenvalue weighted by Crippen LogP contribution is 2.09. The van der Waals surface area contributed by atoms with Crippen LogP contribution in [0.2, 0.25) is 0 Å². The third kappa shape index (κ3) is 5.20. The summed E-state index contributed by atoms with van der Waals surface area (Å²) in [4.78, 5) is 2.39. The Balaban J connectivity index is 2.31. The van der Waals surface area contributed by atoms with Gasteiger partial charge in [0.05, 0.1) is 6.54 Å². The van der Waals surface area contributed by atoms with Crippen LogP contribution < -0.4 is 5.32 Å². The molecule has 1 N–H and O–H groups in total. The van der Waals surface area contributed by atoms with E-state index < -0.39 is 0 Å². The maximum atomic E-state index is 5.38. The first kappa shape index (κ1) is 12.5. The fraction of sp³-hybridized carbons (Fsp3) is 0.846. The summed E-state index contributed by atoms with van der Waals surface area (Å²) in [5.74, 6) is 2.76. The molecule has 0 aromatic heterocycles. The van der Waals surface area contributed by atoms with Gasteiger partial charge in [0.25, 0.3) is 0 Å². The zero-order valence-electron chi connectivity index (χ0n) is 9.97. The van der Waals surface area contributed by atoms with E-state index in [0.717, 1.165) is 19.6 Å². The van der Waals surface area contributed by atoms with E-state index in [1.165, 1.54) is 38.6 Å². The van der Waals surface area contributed by atoms with Crippen molar-refractivity contribution in [3.05, 3.63) is 0 Å². The predicted octanol–water partition coefficient (Wildman–Crippen LogP) is 1.86. The topological polar surface area (TPSA) is 15.3 Å². The van der Waals surface area contributed by atoms with Crippen LogP contribution in [0.25, 0.3) is 0 Å². The second kappa shape index (κ2) is 7.73. The van der Waals surface area contributed by atoms with Gasteiger partial charge in [0.2, 0.25) is 0 Å². The minimum absolute atomic E-state index is 0.660. The molecule has 86 valence electrons. The normalized spacial score (nSPS) is 22.3. The van der Waals surface area contributed by atoms with Gasteiger partial charge in [-0.05, 0) is 32.4 Å². The molecule has 1 saturated heterocycles. The van der Waals surface area contributed by atoms with Gasteiger partial charge in [-0.2, -0.15) is 0 Å². The monoisotopic (exact) mass is 208 g/mol. The molecule has 1 fully saturated rings. The SMILES string of the molecule is C#CCN(CCC)CC1CCCCCN1. The van der Waals surface area contributed by atoms with Gasteiger partial charge >= 0.3 is 0 Å². The van der Waals surface area contributed by atoms with Gasteiger partial charge in [-0.15, -0.1) is 6.42 Å². The van der Waals surface area contributed by atoms with Gasteiger partial charge < -0.3 is 5.32 Å². The Morgan fingerprint density at radius 3 is 3.00 bits per heavy atom. The highest BCUT2D eigenvalue weighted by atomic mass is 15.1. The van der Waals surface area contributed by atoms with Crippen LogP contribution in [0.15, 0.2) is 0 Å². The van der Waals surface area contributed by atoms with Crippen LogP contribution in [0.1, 0.15) is 39.0 Å². The molecular formula is C13H24N2. The van der Waals surface area contributed by atoms with Crippen molar-refractivity contribution in [1.82, 2.24) is 10.2 Å². The summed E-state index contributed by atoms with van der Waals surface area (Å²) < 4.78 is 0. The first-order chi connectivity index (χ1) is 7.36. The Morgan fingerprint density at radius 1 is 1.40 bits per heavy atom. The largest absolute Gasteiger partial charge is 0.313 e. The summed E-state index contributed by atoms with van der Waals surface area (Å²) in [5, 5.41) is 3.62. The molecule has 0 aromatic carbocycles. The van der Waals surface area contributed by atoms with E-state index in [1.54, 1.807) is 0 Å². The average Bonchev–Trinajstić information content (AvgIpc) is 2.47. The molecule has 2 heteroatoms. The predicted molar refractivity (Wildman–Crippen MR) is 65.8 cm³/mol. The standard InChI is InChI=1S/C13H24N2/c1-3-10-15(11-4-2)12-13-8-6-5-7-9-14-13/h1,13-14H,4-12H2,2H3. The quantitative estimate of drug-likeness (QED) is 0.694. The minimum Gasteiger partial charge on any atom is -0.313 e. The van der Waals surface area contributed by atoms with Gasteiger partial charge in [-0.25, -0.2) is 0 Å². The molecule has 0 aromatic rings. The minimum atomic E-state index is 0.660. The molecular weight excluding hydrogens is 184 g/mol. The first-order valence-corrected chi connectivity index (χ1v) is 6.26. The smallest absolute Gasteiger partial charge is 0.0599 e. The highest BCUT2D eigenvalue weighted by molar-refractivity contribution is 4.89. The lowest BCUT2D eigenvalue weighted by atomic mass is 10.1. The van der Waals surface area contributed by atoms with Gasteiger partial charge in [0.1, 0.15) is 0 Å². The molecule has 0 spiro atoms. The maximum absolute atomic E-state index is 5.38. The zero-order chi connectivity index (χ0) is 10.9. The number of rotatable bonds is 5. The van der Waals surface area contributed by atoms with E-state index in [-0.39, 0.29) is 0 Å². The van der Waals surface area contributed by atoms with Crippen LogP contribution in [-0.2, 0) is 0 Å².